The lowest BCUT2D eigenvalue weighted by atomic mass is 10.1. The summed E-state index contributed by atoms with van der Waals surface area (Å²) in [6.07, 6.45) is 0.427. The van der Waals surface area contributed by atoms with Gasteiger partial charge in [-0.05, 0) is 36.1 Å². The van der Waals surface area contributed by atoms with E-state index in [1.807, 2.05) is 0 Å². The van der Waals surface area contributed by atoms with E-state index in [9.17, 15) is 4.79 Å². The van der Waals surface area contributed by atoms with Gasteiger partial charge in [-0.2, -0.15) is 0 Å². The topological polar surface area (TPSA) is 46.5 Å². The second-order valence-corrected chi connectivity index (χ2v) is 3.09. The van der Waals surface area contributed by atoms with Crippen molar-refractivity contribution in [3.8, 4) is 23.7 Å². The molecule has 0 radical (unpaired) electrons. The highest BCUT2D eigenvalue weighted by molar-refractivity contribution is 5.89. The molecule has 1 rings (SSSR count). The second kappa shape index (κ2) is 7.11. The molecule has 0 atom stereocenters. The van der Waals surface area contributed by atoms with Crippen molar-refractivity contribution in [2.75, 3.05) is 13.7 Å². The van der Waals surface area contributed by atoms with Crippen molar-refractivity contribution in [1.82, 2.24) is 0 Å². The van der Waals surface area contributed by atoms with Crippen LogP contribution in [0.15, 0.2) is 24.3 Å². The SMILES string of the molecule is COC(=O)c1ccc(C#CC#CCCO)cc1. The molecule has 0 amide bonds. The monoisotopic (exact) mass is 228 g/mol. The van der Waals surface area contributed by atoms with Crippen LogP contribution in [-0.2, 0) is 4.74 Å². The van der Waals surface area contributed by atoms with Crippen LogP contribution in [0.4, 0.5) is 0 Å². The van der Waals surface area contributed by atoms with Gasteiger partial charge in [0.25, 0.3) is 0 Å². The minimum Gasteiger partial charge on any atom is -0.465 e. The maximum Gasteiger partial charge on any atom is 0.337 e. The quantitative estimate of drug-likeness (QED) is 0.611. The minimum absolute atomic E-state index is 0.0442. The van der Waals surface area contributed by atoms with Gasteiger partial charge in [-0.1, -0.05) is 11.8 Å². The van der Waals surface area contributed by atoms with Crippen molar-refractivity contribution in [3.63, 3.8) is 0 Å². The Bertz CT molecular complexity index is 492. The zero-order chi connectivity index (χ0) is 12.5. The number of ether oxygens (including phenoxy) is 1. The lowest BCUT2D eigenvalue weighted by Gasteiger charge is -1.97. The van der Waals surface area contributed by atoms with Crippen molar-refractivity contribution in [2.45, 2.75) is 6.42 Å². The van der Waals surface area contributed by atoms with Gasteiger partial charge in [-0.15, -0.1) is 0 Å². The summed E-state index contributed by atoms with van der Waals surface area (Å²) in [6, 6.07) is 6.76. The Hall–Kier alpha value is -2.23. The van der Waals surface area contributed by atoms with Crippen molar-refractivity contribution < 1.29 is 14.6 Å². The second-order valence-electron chi connectivity index (χ2n) is 3.09. The fourth-order valence-electron chi connectivity index (χ4n) is 1.07. The molecular formula is C14H12O3. The molecule has 0 spiro atoms. The van der Waals surface area contributed by atoms with Gasteiger partial charge >= 0.3 is 5.97 Å². The van der Waals surface area contributed by atoms with E-state index in [2.05, 4.69) is 28.4 Å². The molecule has 0 fully saturated rings. The highest BCUT2D eigenvalue weighted by atomic mass is 16.5. The molecule has 0 saturated carbocycles. The smallest absolute Gasteiger partial charge is 0.337 e. The number of hydrogen-bond acceptors (Lipinski definition) is 3. The zero-order valence-corrected chi connectivity index (χ0v) is 9.49. The summed E-state index contributed by atoms with van der Waals surface area (Å²) < 4.78 is 4.58. The Balaban J connectivity index is 2.69. The third kappa shape index (κ3) is 4.42. The van der Waals surface area contributed by atoms with Crippen LogP contribution in [0, 0.1) is 23.7 Å². The fraction of sp³-hybridized carbons (Fsp3) is 0.214. The van der Waals surface area contributed by atoms with Crippen LogP contribution in [0.3, 0.4) is 0 Å². The van der Waals surface area contributed by atoms with E-state index < -0.39 is 0 Å². The van der Waals surface area contributed by atoms with Crippen LogP contribution in [0.1, 0.15) is 22.3 Å². The molecule has 1 N–H and O–H groups in total. The molecule has 0 aliphatic carbocycles. The Morgan fingerprint density at radius 1 is 1.29 bits per heavy atom. The number of carbonyl (C=O) groups is 1. The third-order valence-electron chi connectivity index (χ3n) is 1.90. The van der Waals surface area contributed by atoms with Crippen molar-refractivity contribution in [2.24, 2.45) is 0 Å². The summed E-state index contributed by atoms with van der Waals surface area (Å²) in [5.74, 6) is 10.4. The predicted molar refractivity (Wildman–Crippen MR) is 64.1 cm³/mol. The van der Waals surface area contributed by atoms with E-state index in [0.717, 1.165) is 5.56 Å². The predicted octanol–water partition coefficient (Wildman–Crippen LogP) is 1.21. The molecule has 0 aromatic heterocycles. The summed E-state index contributed by atoms with van der Waals surface area (Å²) in [7, 11) is 1.34. The lowest BCUT2D eigenvalue weighted by molar-refractivity contribution is 0.0600. The third-order valence-corrected chi connectivity index (χ3v) is 1.90. The zero-order valence-electron chi connectivity index (χ0n) is 9.49. The van der Waals surface area contributed by atoms with Crippen LogP contribution in [-0.4, -0.2) is 24.8 Å². The first kappa shape index (κ1) is 12.8. The van der Waals surface area contributed by atoms with Gasteiger partial charge in [0.15, 0.2) is 0 Å². The Kier molecular flexibility index (Phi) is 5.37. The summed E-state index contributed by atoms with van der Waals surface area (Å²) in [6.45, 7) is 0.0442. The maximum absolute atomic E-state index is 11.2. The Morgan fingerprint density at radius 2 is 2.00 bits per heavy atom. The first-order valence-corrected chi connectivity index (χ1v) is 5.06. The molecule has 1 aromatic carbocycles. The van der Waals surface area contributed by atoms with Crippen molar-refractivity contribution >= 4 is 5.97 Å². The van der Waals surface area contributed by atoms with Gasteiger partial charge in [0, 0.05) is 12.0 Å². The summed E-state index contributed by atoms with van der Waals surface area (Å²) >= 11 is 0. The standard InChI is InChI=1S/C14H12O3/c1-17-14(16)13-9-7-12(8-10-13)6-4-2-3-5-11-15/h7-10,15H,5,11H2,1H3. The maximum atomic E-state index is 11.2. The first-order valence-electron chi connectivity index (χ1n) is 5.06. The average molecular weight is 228 g/mol. The summed E-state index contributed by atoms with van der Waals surface area (Å²) in [4.78, 5) is 11.2. The molecule has 0 unspecified atom stereocenters. The van der Waals surface area contributed by atoms with E-state index in [0.29, 0.717) is 12.0 Å². The number of rotatable bonds is 2. The van der Waals surface area contributed by atoms with E-state index >= 15 is 0 Å². The van der Waals surface area contributed by atoms with Gasteiger partial charge in [0.1, 0.15) is 0 Å². The molecule has 17 heavy (non-hydrogen) atoms. The highest BCUT2D eigenvalue weighted by Crippen LogP contribution is 2.04. The molecule has 0 heterocycles. The summed E-state index contributed by atoms with van der Waals surface area (Å²) in [5, 5.41) is 8.49. The number of aliphatic hydroxyl groups excluding tert-OH is 1. The minimum atomic E-state index is -0.368. The van der Waals surface area contributed by atoms with E-state index in [1.54, 1.807) is 24.3 Å². The molecule has 86 valence electrons. The molecule has 0 bridgehead atoms. The Morgan fingerprint density at radius 3 is 2.59 bits per heavy atom. The van der Waals surface area contributed by atoms with Crippen LogP contribution in [0.5, 0.6) is 0 Å². The molecule has 0 saturated heterocycles. The van der Waals surface area contributed by atoms with Gasteiger partial charge in [0.05, 0.1) is 19.3 Å². The van der Waals surface area contributed by atoms with Crippen LogP contribution < -0.4 is 0 Å². The molecular weight excluding hydrogens is 216 g/mol. The highest BCUT2D eigenvalue weighted by Gasteiger charge is 2.02. The van der Waals surface area contributed by atoms with Gasteiger partial charge in [-0.3, -0.25) is 0 Å². The molecule has 0 aliphatic heterocycles. The number of esters is 1. The number of benzene rings is 1. The van der Waals surface area contributed by atoms with E-state index in [4.69, 9.17) is 5.11 Å². The normalized spacial score (nSPS) is 8.35. The van der Waals surface area contributed by atoms with E-state index in [-0.39, 0.29) is 12.6 Å². The number of aliphatic hydroxyl groups is 1. The van der Waals surface area contributed by atoms with Crippen molar-refractivity contribution in [3.05, 3.63) is 35.4 Å². The fourth-order valence-corrected chi connectivity index (χ4v) is 1.07. The van der Waals surface area contributed by atoms with Crippen LogP contribution in [0.2, 0.25) is 0 Å². The molecule has 3 nitrogen and oxygen atoms in total. The molecule has 1 aromatic rings. The number of methoxy groups -OCH3 is 1. The van der Waals surface area contributed by atoms with Gasteiger partial charge in [0.2, 0.25) is 0 Å². The van der Waals surface area contributed by atoms with E-state index in [1.165, 1.54) is 7.11 Å². The average Bonchev–Trinajstić information content (AvgIpc) is 2.38. The van der Waals surface area contributed by atoms with Gasteiger partial charge in [-0.25, -0.2) is 4.79 Å². The molecule has 3 heteroatoms. The van der Waals surface area contributed by atoms with Crippen LogP contribution >= 0.6 is 0 Å². The number of hydrogen-bond donors (Lipinski definition) is 1. The van der Waals surface area contributed by atoms with Gasteiger partial charge < -0.3 is 9.84 Å². The first-order chi connectivity index (χ1) is 8.27. The largest absolute Gasteiger partial charge is 0.465 e. The summed E-state index contributed by atoms with van der Waals surface area (Å²) in [5.41, 5.74) is 1.26. The lowest BCUT2D eigenvalue weighted by Crippen LogP contribution is -2.00. The Labute approximate surface area is 100 Å². The number of carbonyl (C=O) groups excluding carboxylic acids is 1. The molecule has 0 aliphatic rings. The van der Waals surface area contributed by atoms with Crippen LogP contribution in [0.25, 0.3) is 0 Å². The van der Waals surface area contributed by atoms with Crippen molar-refractivity contribution in [1.29, 1.82) is 0 Å².